The van der Waals surface area contributed by atoms with Crippen molar-refractivity contribution in [2.75, 3.05) is 5.32 Å². The Morgan fingerprint density at radius 2 is 1.93 bits per heavy atom. The maximum absolute atomic E-state index is 12.4. The SMILES string of the molecule is Cc1nn2c(nc1=O)-c1ccccc1NC2(/C=C/c1ccc(Cl)cc1)C(=O)O. The number of para-hydroxylation sites is 1. The molecule has 2 aromatic carbocycles. The number of halogens is 1. The molecule has 140 valence electrons. The van der Waals surface area contributed by atoms with E-state index in [0.29, 0.717) is 16.3 Å². The molecule has 2 N–H and O–H groups in total. The molecule has 4 rings (SSSR count). The third-order valence-electron chi connectivity index (χ3n) is 4.51. The Morgan fingerprint density at radius 3 is 2.64 bits per heavy atom. The lowest BCUT2D eigenvalue weighted by atomic mass is 10.0. The number of nitrogens with zero attached hydrogens (tertiary/aromatic N) is 3. The lowest BCUT2D eigenvalue weighted by Crippen LogP contribution is -2.52. The molecule has 0 bridgehead atoms. The van der Waals surface area contributed by atoms with Crippen LogP contribution < -0.4 is 10.9 Å². The molecular formula is C20H15ClN4O3. The highest BCUT2D eigenvalue weighted by atomic mass is 35.5. The predicted molar refractivity (Wildman–Crippen MR) is 106 cm³/mol. The van der Waals surface area contributed by atoms with Crippen LogP contribution >= 0.6 is 11.6 Å². The van der Waals surface area contributed by atoms with Crippen LogP contribution in [0.1, 0.15) is 11.3 Å². The third-order valence-corrected chi connectivity index (χ3v) is 4.76. The fourth-order valence-corrected chi connectivity index (χ4v) is 3.17. The van der Waals surface area contributed by atoms with Gasteiger partial charge in [0, 0.05) is 16.3 Å². The molecule has 2 heterocycles. The summed E-state index contributed by atoms with van der Waals surface area (Å²) in [5.41, 5.74) is -0.237. The number of fused-ring (bicyclic) bond motifs is 3. The second kappa shape index (κ2) is 6.61. The number of rotatable bonds is 3. The number of hydrogen-bond donors (Lipinski definition) is 2. The first-order valence-corrected chi connectivity index (χ1v) is 8.83. The minimum Gasteiger partial charge on any atom is -0.478 e. The summed E-state index contributed by atoms with van der Waals surface area (Å²) >= 11 is 5.91. The average molecular weight is 395 g/mol. The first kappa shape index (κ1) is 17.9. The third kappa shape index (κ3) is 2.86. The number of anilines is 1. The van der Waals surface area contributed by atoms with Crippen LogP contribution in [0.4, 0.5) is 5.69 Å². The summed E-state index contributed by atoms with van der Waals surface area (Å²) in [6, 6.07) is 14.0. The topological polar surface area (TPSA) is 97.1 Å². The summed E-state index contributed by atoms with van der Waals surface area (Å²) in [4.78, 5) is 28.6. The number of aryl methyl sites for hydroxylation is 1. The van der Waals surface area contributed by atoms with Crippen molar-refractivity contribution in [3.8, 4) is 11.4 Å². The minimum absolute atomic E-state index is 0.107. The zero-order valence-electron chi connectivity index (χ0n) is 14.8. The molecule has 0 saturated heterocycles. The Labute approximate surface area is 164 Å². The zero-order chi connectivity index (χ0) is 19.9. The molecule has 8 heteroatoms. The Bertz CT molecular complexity index is 1170. The summed E-state index contributed by atoms with van der Waals surface area (Å²) in [5, 5.41) is 18.0. The van der Waals surface area contributed by atoms with Gasteiger partial charge in [0.15, 0.2) is 5.82 Å². The van der Waals surface area contributed by atoms with Crippen LogP contribution in [0.3, 0.4) is 0 Å². The van der Waals surface area contributed by atoms with E-state index in [0.717, 1.165) is 5.56 Å². The van der Waals surface area contributed by atoms with Crippen molar-refractivity contribution >= 4 is 29.3 Å². The van der Waals surface area contributed by atoms with Gasteiger partial charge in [-0.3, -0.25) is 4.79 Å². The number of benzene rings is 2. The van der Waals surface area contributed by atoms with Crippen LogP contribution in [0.2, 0.25) is 5.02 Å². The van der Waals surface area contributed by atoms with Gasteiger partial charge in [-0.1, -0.05) is 41.9 Å². The first-order valence-electron chi connectivity index (χ1n) is 8.45. The number of carboxylic acid groups (broad SMARTS) is 1. The van der Waals surface area contributed by atoms with E-state index in [4.69, 9.17) is 11.6 Å². The molecule has 1 unspecified atom stereocenters. The average Bonchev–Trinajstić information content (AvgIpc) is 2.68. The fraction of sp³-hybridized carbons (Fsp3) is 0.100. The molecule has 1 aromatic heterocycles. The second-order valence-electron chi connectivity index (χ2n) is 6.36. The Morgan fingerprint density at radius 1 is 1.21 bits per heavy atom. The van der Waals surface area contributed by atoms with Crippen molar-refractivity contribution < 1.29 is 9.90 Å². The number of aliphatic carboxylic acids is 1. The van der Waals surface area contributed by atoms with E-state index >= 15 is 0 Å². The molecule has 0 aliphatic carbocycles. The number of nitrogens with one attached hydrogen (secondary N) is 1. The van der Waals surface area contributed by atoms with Gasteiger partial charge in [0.1, 0.15) is 5.69 Å². The molecule has 3 aromatic rings. The number of carbonyl (C=O) groups is 1. The van der Waals surface area contributed by atoms with Gasteiger partial charge in [-0.05, 0) is 42.8 Å². The highest BCUT2D eigenvalue weighted by Gasteiger charge is 2.44. The van der Waals surface area contributed by atoms with E-state index < -0.39 is 17.2 Å². The fourth-order valence-electron chi connectivity index (χ4n) is 3.05. The molecular weight excluding hydrogens is 380 g/mol. The summed E-state index contributed by atoms with van der Waals surface area (Å²) in [5.74, 6) is -1.00. The molecule has 7 nitrogen and oxygen atoms in total. The van der Waals surface area contributed by atoms with Gasteiger partial charge in [0.25, 0.3) is 11.2 Å². The number of carboxylic acids is 1. The Kier molecular flexibility index (Phi) is 4.24. The van der Waals surface area contributed by atoms with Crippen LogP contribution in [-0.4, -0.2) is 25.8 Å². The van der Waals surface area contributed by atoms with Crippen molar-refractivity contribution in [3.63, 3.8) is 0 Å². The summed E-state index contributed by atoms with van der Waals surface area (Å²) in [6.07, 6.45) is 3.14. The van der Waals surface area contributed by atoms with Gasteiger partial charge < -0.3 is 10.4 Å². The van der Waals surface area contributed by atoms with E-state index in [-0.39, 0.29) is 11.5 Å². The van der Waals surface area contributed by atoms with Gasteiger partial charge in [-0.2, -0.15) is 10.1 Å². The van der Waals surface area contributed by atoms with Gasteiger partial charge in [0.05, 0.1) is 0 Å². The molecule has 28 heavy (non-hydrogen) atoms. The maximum atomic E-state index is 12.4. The highest BCUT2D eigenvalue weighted by Crippen LogP contribution is 2.37. The van der Waals surface area contributed by atoms with Gasteiger partial charge in [-0.15, -0.1) is 0 Å². The van der Waals surface area contributed by atoms with Crippen LogP contribution in [0.5, 0.6) is 0 Å². The zero-order valence-corrected chi connectivity index (χ0v) is 15.5. The summed E-state index contributed by atoms with van der Waals surface area (Å²) in [6.45, 7) is 1.50. The van der Waals surface area contributed by atoms with Crippen molar-refractivity contribution in [2.45, 2.75) is 12.6 Å². The van der Waals surface area contributed by atoms with E-state index in [1.54, 1.807) is 54.6 Å². The maximum Gasteiger partial charge on any atom is 0.356 e. The van der Waals surface area contributed by atoms with E-state index in [2.05, 4.69) is 15.4 Å². The smallest absolute Gasteiger partial charge is 0.356 e. The van der Waals surface area contributed by atoms with Gasteiger partial charge in [0.2, 0.25) is 0 Å². The normalized spacial score (nSPS) is 17.6. The monoisotopic (exact) mass is 394 g/mol. The molecule has 1 aliphatic heterocycles. The van der Waals surface area contributed by atoms with Crippen LogP contribution in [0, 0.1) is 6.92 Å². The van der Waals surface area contributed by atoms with Crippen molar-refractivity contribution in [1.82, 2.24) is 14.8 Å². The quantitative estimate of drug-likeness (QED) is 0.708. The van der Waals surface area contributed by atoms with Crippen LogP contribution in [-0.2, 0) is 10.5 Å². The molecule has 0 amide bonds. The molecule has 1 aliphatic rings. The Hall–Kier alpha value is -3.45. The lowest BCUT2D eigenvalue weighted by Gasteiger charge is -2.36. The summed E-state index contributed by atoms with van der Waals surface area (Å²) < 4.78 is 1.24. The molecule has 0 spiro atoms. The molecule has 1 atom stereocenters. The first-order chi connectivity index (χ1) is 13.4. The van der Waals surface area contributed by atoms with E-state index in [1.165, 1.54) is 17.7 Å². The standard InChI is InChI=1S/C20H15ClN4O3/c1-12-18(26)22-17-15-4-2-3-5-16(15)23-20(19(27)28,25(17)24-12)11-10-13-6-8-14(21)9-7-13/h2-11,23H,1H3,(H,27,28)/b11-10+. The minimum atomic E-state index is -1.76. The number of hydrogen-bond acceptors (Lipinski definition) is 5. The van der Waals surface area contributed by atoms with Crippen molar-refractivity contribution in [3.05, 3.63) is 81.2 Å². The van der Waals surface area contributed by atoms with Crippen molar-refractivity contribution in [1.29, 1.82) is 0 Å². The molecule has 0 fully saturated rings. The van der Waals surface area contributed by atoms with Crippen LogP contribution in [0.15, 0.2) is 59.4 Å². The van der Waals surface area contributed by atoms with Crippen molar-refractivity contribution in [2.24, 2.45) is 0 Å². The van der Waals surface area contributed by atoms with Gasteiger partial charge >= 0.3 is 5.97 Å². The largest absolute Gasteiger partial charge is 0.478 e. The molecule has 0 saturated carbocycles. The van der Waals surface area contributed by atoms with E-state index in [9.17, 15) is 14.7 Å². The van der Waals surface area contributed by atoms with Crippen LogP contribution in [0.25, 0.3) is 17.5 Å². The Balaban J connectivity index is 1.95. The van der Waals surface area contributed by atoms with E-state index in [1.807, 2.05) is 0 Å². The molecule has 0 radical (unpaired) electrons. The second-order valence-corrected chi connectivity index (χ2v) is 6.80. The highest BCUT2D eigenvalue weighted by molar-refractivity contribution is 6.30. The predicted octanol–water partition coefficient (Wildman–Crippen LogP) is 3.14. The summed E-state index contributed by atoms with van der Waals surface area (Å²) in [7, 11) is 0. The van der Waals surface area contributed by atoms with Gasteiger partial charge in [-0.25, -0.2) is 9.48 Å². The lowest BCUT2D eigenvalue weighted by molar-refractivity contribution is -0.144. The number of aromatic nitrogens is 3.